The molecule has 0 atom stereocenters. The smallest absolute Gasteiger partial charge is 0.0989 e. The van der Waals surface area contributed by atoms with Gasteiger partial charge in [-0.3, -0.25) is 5.41 Å². The molecule has 0 spiro atoms. The first-order valence-electron chi connectivity index (χ1n) is 5.42. The topological polar surface area (TPSA) is 27.1 Å². The van der Waals surface area contributed by atoms with Gasteiger partial charge < -0.3 is 4.90 Å². The van der Waals surface area contributed by atoms with Crippen LogP contribution in [-0.2, 0) is 0 Å². The van der Waals surface area contributed by atoms with Crippen LogP contribution in [-0.4, -0.2) is 23.8 Å². The third-order valence-electron chi connectivity index (χ3n) is 3.21. The molecular formula is C11H20N2. The summed E-state index contributed by atoms with van der Waals surface area (Å²) in [5, 5.41) is 8.00. The molecule has 2 nitrogen and oxygen atoms in total. The lowest BCUT2D eigenvalue weighted by atomic mass is 9.84. The van der Waals surface area contributed by atoms with Crippen molar-refractivity contribution in [1.82, 2.24) is 4.90 Å². The second kappa shape index (κ2) is 3.00. The van der Waals surface area contributed by atoms with Crippen molar-refractivity contribution in [2.45, 2.75) is 39.5 Å². The first-order valence-corrected chi connectivity index (χ1v) is 5.42. The van der Waals surface area contributed by atoms with Crippen molar-refractivity contribution in [1.29, 1.82) is 5.41 Å². The van der Waals surface area contributed by atoms with E-state index in [9.17, 15) is 0 Å². The van der Waals surface area contributed by atoms with Crippen LogP contribution in [0.25, 0.3) is 0 Å². The molecule has 1 aliphatic carbocycles. The van der Waals surface area contributed by atoms with E-state index >= 15 is 0 Å². The number of likely N-dealkylation sites (tertiary alicyclic amines) is 1. The highest BCUT2D eigenvalue weighted by atomic mass is 15.2. The normalized spacial score (nSPS) is 27.4. The Labute approximate surface area is 80.8 Å². The Balaban J connectivity index is 1.95. The van der Waals surface area contributed by atoms with Crippen molar-refractivity contribution in [3.8, 4) is 0 Å². The van der Waals surface area contributed by atoms with E-state index in [2.05, 4.69) is 18.7 Å². The summed E-state index contributed by atoms with van der Waals surface area (Å²) >= 11 is 0. The molecule has 2 fully saturated rings. The standard InChI is InChI=1S/C11H20N2/c1-11(2)6-3-7-13(8-11)10(12)9-4-5-9/h9,12H,3-8H2,1-2H3. The average molecular weight is 180 g/mol. The zero-order valence-electron chi connectivity index (χ0n) is 8.77. The fraction of sp³-hybridized carbons (Fsp3) is 0.909. The van der Waals surface area contributed by atoms with Gasteiger partial charge in [0, 0.05) is 19.0 Å². The van der Waals surface area contributed by atoms with E-state index in [1.54, 1.807) is 0 Å². The molecule has 0 aromatic carbocycles. The lowest BCUT2D eigenvalue weighted by Gasteiger charge is -2.39. The molecule has 2 rings (SSSR count). The van der Waals surface area contributed by atoms with E-state index in [1.165, 1.54) is 25.7 Å². The number of amidine groups is 1. The zero-order chi connectivity index (χ0) is 9.47. The molecule has 0 radical (unpaired) electrons. The SMILES string of the molecule is CC1(C)CCCN(C(=N)C2CC2)C1. The third-order valence-corrected chi connectivity index (χ3v) is 3.21. The minimum Gasteiger partial charge on any atom is -0.360 e. The molecule has 0 aromatic heterocycles. The number of hydrogen-bond acceptors (Lipinski definition) is 1. The highest BCUT2D eigenvalue weighted by Crippen LogP contribution is 2.35. The predicted molar refractivity (Wildman–Crippen MR) is 55.0 cm³/mol. The van der Waals surface area contributed by atoms with Gasteiger partial charge in [0.2, 0.25) is 0 Å². The highest BCUT2D eigenvalue weighted by molar-refractivity contribution is 5.83. The molecular weight excluding hydrogens is 160 g/mol. The highest BCUT2D eigenvalue weighted by Gasteiger charge is 2.34. The molecule has 1 aliphatic heterocycles. The molecule has 0 unspecified atom stereocenters. The van der Waals surface area contributed by atoms with Crippen molar-refractivity contribution >= 4 is 5.84 Å². The summed E-state index contributed by atoms with van der Waals surface area (Å²) < 4.78 is 0. The molecule has 74 valence electrons. The average Bonchev–Trinajstić information content (AvgIpc) is 2.83. The van der Waals surface area contributed by atoms with E-state index in [0.29, 0.717) is 11.3 Å². The molecule has 0 amide bonds. The molecule has 2 heteroatoms. The van der Waals surface area contributed by atoms with Crippen molar-refractivity contribution in [3.63, 3.8) is 0 Å². The maximum Gasteiger partial charge on any atom is 0.0989 e. The number of nitrogens with zero attached hydrogens (tertiary/aromatic N) is 1. The van der Waals surface area contributed by atoms with E-state index < -0.39 is 0 Å². The van der Waals surface area contributed by atoms with Crippen LogP contribution in [0.15, 0.2) is 0 Å². The third kappa shape index (κ3) is 2.04. The maximum absolute atomic E-state index is 8.00. The first-order chi connectivity index (χ1) is 6.08. The summed E-state index contributed by atoms with van der Waals surface area (Å²) in [5.74, 6) is 1.54. The van der Waals surface area contributed by atoms with Gasteiger partial charge in [-0.1, -0.05) is 13.8 Å². The number of nitrogens with one attached hydrogen (secondary N) is 1. The number of rotatable bonds is 1. The van der Waals surface area contributed by atoms with Gasteiger partial charge in [0.05, 0.1) is 5.84 Å². The molecule has 2 aliphatic rings. The molecule has 1 saturated carbocycles. The Hall–Kier alpha value is -0.530. The minimum absolute atomic E-state index is 0.430. The van der Waals surface area contributed by atoms with Gasteiger partial charge in [0.15, 0.2) is 0 Å². The maximum atomic E-state index is 8.00. The second-order valence-corrected chi connectivity index (χ2v) is 5.35. The summed E-state index contributed by atoms with van der Waals surface area (Å²) in [5.41, 5.74) is 0.430. The summed E-state index contributed by atoms with van der Waals surface area (Å²) in [6.07, 6.45) is 5.11. The Bertz CT molecular complexity index is 216. The second-order valence-electron chi connectivity index (χ2n) is 5.35. The predicted octanol–water partition coefficient (Wildman–Crippen LogP) is 2.50. The fourth-order valence-electron chi connectivity index (χ4n) is 2.24. The Morgan fingerprint density at radius 3 is 2.62 bits per heavy atom. The van der Waals surface area contributed by atoms with E-state index in [0.717, 1.165) is 18.9 Å². The van der Waals surface area contributed by atoms with Crippen LogP contribution in [0.3, 0.4) is 0 Å². The summed E-state index contributed by atoms with van der Waals surface area (Å²) in [7, 11) is 0. The summed E-state index contributed by atoms with van der Waals surface area (Å²) in [6.45, 7) is 6.86. The zero-order valence-corrected chi connectivity index (χ0v) is 8.77. The van der Waals surface area contributed by atoms with Gasteiger partial charge in [-0.2, -0.15) is 0 Å². The van der Waals surface area contributed by atoms with E-state index in [4.69, 9.17) is 5.41 Å². The Kier molecular flexibility index (Phi) is 2.09. The molecule has 0 aromatic rings. The fourth-order valence-corrected chi connectivity index (χ4v) is 2.24. The molecule has 13 heavy (non-hydrogen) atoms. The summed E-state index contributed by atoms with van der Waals surface area (Å²) in [4.78, 5) is 2.31. The number of piperidine rings is 1. The first kappa shape index (κ1) is 9.04. The Morgan fingerprint density at radius 1 is 1.38 bits per heavy atom. The van der Waals surface area contributed by atoms with Crippen molar-refractivity contribution in [3.05, 3.63) is 0 Å². The van der Waals surface area contributed by atoms with Crippen LogP contribution in [0.5, 0.6) is 0 Å². The monoisotopic (exact) mass is 180 g/mol. The van der Waals surface area contributed by atoms with E-state index in [1.807, 2.05) is 0 Å². The summed E-state index contributed by atoms with van der Waals surface area (Å²) in [6, 6.07) is 0. The molecule has 1 heterocycles. The van der Waals surface area contributed by atoms with Crippen LogP contribution < -0.4 is 0 Å². The van der Waals surface area contributed by atoms with Crippen LogP contribution in [0.1, 0.15) is 39.5 Å². The lowest BCUT2D eigenvalue weighted by molar-refractivity contribution is 0.175. The van der Waals surface area contributed by atoms with Gasteiger partial charge in [-0.05, 0) is 31.1 Å². The largest absolute Gasteiger partial charge is 0.360 e. The van der Waals surface area contributed by atoms with Crippen molar-refractivity contribution in [2.24, 2.45) is 11.3 Å². The number of hydrogen-bond donors (Lipinski definition) is 1. The van der Waals surface area contributed by atoms with Crippen molar-refractivity contribution in [2.75, 3.05) is 13.1 Å². The lowest BCUT2D eigenvalue weighted by Crippen LogP contribution is -2.43. The van der Waals surface area contributed by atoms with E-state index in [-0.39, 0.29) is 0 Å². The molecule has 1 saturated heterocycles. The van der Waals surface area contributed by atoms with Gasteiger partial charge in [0.1, 0.15) is 0 Å². The molecule has 0 bridgehead atoms. The van der Waals surface area contributed by atoms with Crippen LogP contribution in [0, 0.1) is 16.7 Å². The van der Waals surface area contributed by atoms with Gasteiger partial charge in [0.25, 0.3) is 0 Å². The van der Waals surface area contributed by atoms with Gasteiger partial charge in [-0.15, -0.1) is 0 Å². The van der Waals surface area contributed by atoms with Gasteiger partial charge >= 0.3 is 0 Å². The molecule has 1 N–H and O–H groups in total. The Morgan fingerprint density at radius 2 is 2.08 bits per heavy atom. The quantitative estimate of drug-likeness (QED) is 0.487. The minimum atomic E-state index is 0.430. The van der Waals surface area contributed by atoms with Gasteiger partial charge in [-0.25, -0.2) is 0 Å². The van der Waals surface area contributed by atoms with Crippen LogP contribution in [0.2, 0.25) is 0 Å². The van der Waals surface area contributed by atoms with Crippen LogP contribution in [0.4, 0.5) is 0 Å². The van der Waals surface area contributed by atoms with Crippen molar-refractivity contribution < 1.29 is 0 Å². The van der Waals surface area contributed by atoms with Crippen LogP contribution >= 0.6 is 0 Å².